The molecule has 0 saturated heterocycles. The minimum atomic E-state index is -0.00978. The molecule has 0 heterocycles. The molecule has 1 saturated carbocycles. The number of nitrogens with one attached hydrogen (secondary N) is 1. The van der Waals surface area contributed by atoms with Gasteiger partial charge in [-0.05, 0) is 24.7 Å². The van der Waals surface area contributed by atoms with Gasteiger partial charge >= 0.3 is 0 Å². The van der Waals surface area contributed by atoms with Crippen LogP contribution in [0.1, 0.15) is 46.5 Å². The molecular weight excluding hydrogens is 200 g/mol. The highest BCUT2D eigenvalue weighted by Crippen LogP contribution is 2.29. The first kappa shape index (κ1) is 13.5. The molecule has 1 aliphatic carbocycles. The molecule has 0 bridgehead atoms. The fourth-order valence-electron chi connectivity index (χ4n) is 2.55. The van der Waals surface area contributed by atoms with Gasteiger partial charge in [0.25, 0.3) is 0 Å². The van der Waals surface area contributed by atoms with Crippen LogP contribution in [0.4, 0.5) is 0 Å². The average Bonchev–Trinajstić information content (AvgIpc) is 2.26. The number of carbonyl (C=O) groups excluding carboxylic acids is 1. The third-order valence-corrected chi connectivity index (χ3v) is 4.18. The van der Waals surface area contributed by atoms with E-state index >= 15 is 0 Å². The van der Waals surface area contributed by atoms with Crippen molar-refractivity contribution in [2.75, 3.05) is 6.54 Å². The fourth-order valence-corrected chi connectivity index (χ4v) is 2.55. The summed E-state index contributed by atoms with van der Waals surface area (Å²) in [6.07, 6.45) is 4.48. The second-order valence-electron chi connectivity index (χ2n) is 5.22. The van der Waals surface area contributed by atoms with Crippen LogP contribution in [-0.4, -0.2) is 18.5 Å². The Bertz CT molecular complexity index is 226. The molecule has 94 valence electrons. The van der Waals surface area contributed by atoms with E-state index in [0.29, 0.717) is 18.5 Å². The molecule has 1 fully saturated rings. The summed E-state index contributed by atoms with van der Waals surface area (Å²) >= 11 is 0. The molecule has 3 N–H and O–H groups in total. The standard InChI is InChI=1S/C13H26N2O/c1-4-11(8-14)13(16)15-12-7-5-6-9(2)10(12)3/h9-12H,4-8,14H2,1-3H3,(H,15,16). The van der Waals surface area contributed by atoms with Crippen molar-refractivity contribution in [3.8, 4) is 0 Å². The second-order valence-corrected chi connectivity index (χ2v) is 5.22. The van der Waals surface area contributed by atoms with Crippen molar-refractivity contribution in [3.63, 3.8) is 0 Å². The van der Waals surface area contributed by atoms with Gasteiger partial charge in [-0.1, -0.05) is 33.6 Å². The Morgan fingerprint density at radius 1 is 1.44 bits per heavy atom. The maximum Gasteiger partial charge on any atom is 0.224 e. The van der Waals surface area contributed by atoms with Gasteiger partial charge in [-0.25, -0.2) is 0 Å². The minimum Gasteiger partial charge on any atom is -0.353 e. The smallest absolute Gasteiger partial charge is 0.224 e. The Kier molecular flexibility index (Phi) is 5.26. The van der Waals surface area contributed by atoms with Crippen LogP contribution in [0.15, 0.2) is 0 Å². The molecule has 4 atom stereocenters. The van der Waals surface area contributed by atoms with E-state index in [9.17, 15) is 4.79 Å². The SMILES string of the molecule is CCC(CN)C(=O)NC1CCCC(C)C1C. The predicted octanol–water partition coefficient (Wildman–Crippen LogP) is 1.91. The zero-order chi connectivity index (χ0) is 12.1. The van der Waals surface area contributed by atoms with Crippen LogP contribution in [0.25, 0.3) is 0 Å². The molecule has 3 nitrogen and oxygen atoms in total. The highest BCUT2D eigenvalue weighted by molar-refractivity contribution is 5.79. The van der Waals surface area contributed by atoms with Crippen molar-refractivity contribution in [1.82, 2.24) is 5.32 Å². The Morgan fingerprint density at radius 3 is 2.69 bits per heavy atom. The van der Waals surface area contributed by atoms with Crippen LogP contribution in [0.2, 0.25) is 0 Å². The quantitative estimate of drug-likeness (QED) is 0.769. The molecule has 1 rings (SSSR count). The number of hydrogen-bond acceptors (Lipinski definition) is 2. The number of rotatable bonds is 4. The van der Waals surface area contributed by atoms with E-state index in [2.05, 4.69) is 19.2 Å². The van der Waals surface area contributed by atoms with Crippen LogP contribution in [0.3, 0.4) is 0 Å². The molecule has 0 aromatic carbocycles. The van der Waals surface area contributed by atoms with Gasteiger partial charge in [0.05, 0.1) is 0 Å². The monoisotopic (exact) mass is 226 g/mol. The maximum atomic E-state index is 11.9. The Morgan fingerprint density at radius 2 is 2.12 bits per heavy atom. The van der Waals surface area contributed by atoms with Gasteiger partial charge in [-0.15, -0.1) is 0 Å². The number of hydrogen-bond donors (Lipinski definition) is 2. The van der Waals surface area contributed by atoms with Crippen LogP contribution in [0, 0.1) is 17.8 Å². The third kappa shape index (κ3) is 3.21. The fraction of sp³-hybridized carbons (Fsp3) is 0.923. The van der Waals surface area contributed by atoms with Crippen LogP contribution in [-0.2, 0) is 4.79 Å². The van der Waals surface area contributed by atoms with Crippen molar-refractivity contribution < 1.29 is 4.79 Å². The Hall–Kier alpha value is -0.570. The Labute approximate surface area is 99.2 Å². The van der Waals surface area contributed by atoms with Crippen molar-refractivity contribution in [1.29, 1.82) is 0 Å². The van der Waals surface area contributed by atoms with E-state index < -0.39 is 0 Å². The van der Waals surface area contributed by atoms with E-state index in [1.165, 1.54) is 12.8 Å². The lowest BCUT2D eigenvalue weighted by Gasteiger charge is -2.35. The Balaban J connectivity index is 2.49. The van der Waals surface area contributed by atoms with Crippen molar-refractivity contribution in [2.24, 2.45) is 23.5 Å². The average molecular weight is 226 g/mol. The number of nitrogens with two attached hydrogens (primary N) is 1. The first-order valence-corrected chi connectivity index (χ1v) is 6.60. The minimum absolute atomic E-state index is 0.00978. The van der Waals surface area contributed by atoms with E-state index in [1.54, 1.807) is 0 Å². The van der Waals surface area contributed by atoms with E-state index in [-0.39, 0.29) is 11.8 Å². The van der Waals surface area contributed by atoms with Crippen LogP contribution < -0.4 is 11.1 Å². The second kappa shape index (κ2) is 6.24. The van der Waals surface area contributed by atoms with Crippen molar-refractivity contribution in [2.45, 2.75) is 52.5 Å². The summed E-state index contributed by atoms with van der Waals surface area (Å²) in [5.74, 6) is 1.45. The molecule has 1 aliphatic rings. The summed E-state index contributed by atoms with van der Waals surface area (Å²) in [5.41, 5.74) is 5.59. The maximum absolute atomic E-state index is 11.9. The summed E-state index contributed by atoms with van der Waals surface area (Å²) in [5, 5.41) is 3.18. The molecule has 1 amide bonds. The molecule has 16 heavy (non-hydrogen) atoms. The van der Waals surface area contributed by atoms with Gasteiger partial charge in [0.1, 0.15) is 0 Å². The summed E-state index contributed by atoms with van der Waals surface area (Å²) in [6.45, 7) is 7.00. The van der Waals surface area contributed by atoms with E-state index in [0.717, 1.165) is 18.8 Å². The first-order valence-electron chi connectivity index (χ1n) is 6.60. The lowest BCUT2D eigenvalue weighted by atomic mass is 9.78. The largest absolute Gasteiger partial charge is 0.353 e. The highest BCUT2D eigenvalue weighted by Gasteiger charge is 2.29. The molecule has 4 unspecified atom stereocenters. The summed E-state index contributed by atoms with van der Waals surface area (Å²) in [4.78, 5) is 11.9. The third-order valence-electron chi connectivity index (χ3n) is 4.18. The number of amides is 1. The molecule has 0 aromatic heterocycles. The van der Waals surface area contributed by atoms with Gasteiger partial charge in [-0.2, -0.15) is 0 Å². The van der Waals surface area contributed by atoms with Crippen LogP contribution >= 0.6 is 0 Å². The summed E-state index contributed by atoms with van der Waals surface area (Å²) < 4.78 is 0. The molecule has 3 heteroatoms. The summed E-state index contributed by atoms with van der Waals surface area (Å²) in [6, 6.07) is 0.358. The number of carbonyl (C=O) groups is 1. The highest BCUT2D eigenvalue weighted by atomic mass is 16.1. The van der Waals surface area contributed by atoms with Gasteiger partial charge in [0.2, 0.25) is 5.91 Å². The van der Waals surface area contributed by atoms with E-state index in [4.69, 9.17) is 5.73 Å². The predicted molar refractivity (Wildman–Crippen MR) is 66.9 cm³/mol. The molecular formula is C13H26N2O. The molecule has 0 aromatic rings. The normalized spacial score (nSPS) is 32.1. The van der Waals surface area contributed by atoms with Crippen molar-refractivity contribution in [3.05, 3.63) is 0 Å². The zero-order valence-corrected chi connectivity index (χ0v) is 10.8. The molecule has 0 spiro atoms. The molecule has 0 aliphatic heterocycles. The summed E-state index contributed by atoms with van der Waals surface area (Å²) in [7, 11) is 0. The lowest BCUT2D eigenvalue weighted by Crippen LogP contribution is -2.47. The van der Waals surface area contributed by atoms with Gasteiger partial charge in [-0.3, -0.25) is 4.79 Å². The molecule has 0 radical (unpaired) electrons. The van der Waals surface area contributed by atoms with Gasteiger partial charge < -0.3 is 11.1 Å². The van der Waals surface area contributed by atoms with Crippen molar-refractivity contribution >= 4 is 5.91 Å². The topological polar surface area (TPSA) is 55.1 Å². The van der Waals surface area contributed by atoms with Gasteiger partial charge in [0, 0.05) is 18.5 Å². The van der Waals surface area contributed by atoms with Gasteiger partial charge in [0.15, 0.2) is 0 Å². The first-order chi connectivity index (χ1) is 7.60. The van der Waals surface area contributed by atoms with E-state index in [1.807, 2.05) is 6.92 Å². The van der Waals surface area contributed by atoms with Crippen LogP contribution in [0.5, 0.6) is 0 Å². The lowest BCUT2D eigenvalue weighted by molar-refractivity contribution is -0.126. The zero-order valence-electron chi connectivity index (χ0n) is 10.8.